The molecule has 1 unspecified atom stereocenters. The molecule has 3 atom stereocenters. The van der Waals surface area contributed by atoms with Gasteiger partial charge in [-0.1, -0.05) is 56.2 Å². The van der Waals surface area contributed by atoms with E-state index in [-0.39, 0.29) is 6.42 Å². The molecule has 142 valence electrons. The van der Waals surface area contributed by atoms with E-state index >= 15 is 4.39 Å². The smallest absolute Gasteiger partial charge is 0.131 e. The van der Waals surface area contributed by atoms with Gasteiger partial charge in [0.2, 0.25) is 0 Å². The molecule has 4 rings (SSSR count). The average Bonchev–Trinajstić information content (AvgIpc) is 2.73. The molecule has 0 saturated carbocycles. The van der Waals surface area contributed by atoms with Crippen molar-refractivity contribution in [3.63, 3.8) is 0 Å². The summed E-state index contributed by atoms with van der Waals surface area (Å²) in [5, 5.41) is 10.9. The lowest BCUT2D eigenvalue weighted by atomic mass is 9.77. The van der Waals surface area contributed by atoms with Crippen LogP contribution in [0, 0.1) is 17.2 Å². The quantitative estimate of drug-likeness (QED) is 0.477. The van der Waals surface area contributed by atoms with E-state index < -0.39 is 18.3 Å². The summed E-state index contributed by atoms with van der Waals surface area (Å²) >= 11 is 0. The molecule has 1 aliphatic carbocycles. The summed E-state index contributed by atoms with van der Waals surface area (Å²) in [5.74, 6) is -0.525. The molecular weight excluding hydrogens is 352 g/mol. The van der Waals surface area contributed by atoms with Crippen LogP contribution >= 0.6 is 0 Å². The maximum Gasteiger partial charge on any atom is 0.131 e. The lowest BCUT2D eigenvalue weighted by Gasteiger charge is -2.32. The van der Waals surface area contributed by atoms with Crippen LogP contribution in [0.3, 0.4) is 0 Å². The molecule has 0 heterocycles. The average molecular weight is 375 g/mol. The van der Waals surface area contributed by atoms with Gasteiger partial charge in [-0.15, -0.1) is 0 Å². The number of unbranched alkanes of at least 4 members (excludes halogenated alkanes) is 1. The zero-order valence-electron chi connectivity index (χ0n) is 16.0. The topological polar surface area (TPSA) is 23.8 Å². The molecule has 0 radical (unpaired) electrons. The molecule has 1 nitrogen and oxygen atoms in total. The van der Waals surface area contributed by atoms with Crippen molar-refractivity contribution in [2.45, 2.75) is 45.0 Å². The van der Waals surface area contributed by atoms with Gasteiger partial charge in [0.1, 0.15) is 12.3 Å². The third-order valence-corrected chi connectivity index (χ3v) is 5.94. The SMILES string of the molecule is CCCC[C@H]1C(F)c2ccc3cc(-c4ccc(C#N)cc4)ccc3c2C[C@@H]1F. The molecule has 0 amide bonds. The van der Waals surface area contributed by atoms with Gasteiger partial charge in [-0.2, -0.15) is 5.26 Å². The van der Waals surface area contributed by atoms with Crippen molar-refractivity contribution in [3.05, 3.63) is 71.3 Å². The van der Waals surface area contributed by atoms with Crippen LogP contribution in [0.5, 0.6) is 0 Å². The first kappa shape index (κ1) is 18.6. The molecule has 0 aromatic heterocycles. The van der Waals surface area contributed by atoms with E-state index in [0.29, 0.717) is 17.5 Å². The lowest BCUT2D eigenvalue weighted by Crippen LogP contribution is -2.29. The Hall–Kier alpha value is -2.73. The number of alkyl halides is 2. The fourth-order valence-corrected chi connectivity index (χ4v) is 4.34. The first-order valence-electron chi connectivity index (χ1n) is 9.96. The molecule has 0 N–H and O–H groups in total. The molecule has 0 spiro atoms. The number of hydrogen-bond donors (Lipinski definition) is 0. The third-order valence-electron chi connectivity index (χ3n) is 5.94. The van der Waals surface area contributed by atoms with E-state index in [1.54, 1.807) is 12.1 Å². The highest BCUT2D eigenvalue weighted by atomic mass is 19.1. The van der Waals surface area contributed by atoms with E-state index in [2.05, 4.69) is 19.1 Å². The highest BCUT2D eigenvalue weighted by molar-refractivity contribution is 5.91. The van der Waals surface area contributed by atoms with Crippen molar-refractivity contribution in [1.82, 2.24) is 0 Å². The maximum absolute atomic E-state index is 15.1. The number of benzene rings is 3. The Morgan fingerprint density at radius 3 is 2.46 bits per heavy atom. The Morgan fingerprint density at radius 2 is 1.75 bits per heavy atom. The van der Waals surface area contributed by atoms with Gasteiger partial charge in [0.15, 0.2) is 0 Å². The van der Waals surface area contributed by atoms with Crippen LogP contribution in [-0.4, -0.2) is 6.17 Å². The van der Waals surface area contributed by atoms with Crippen LogP contribution in [0.15, 0.2) is 54.6 Å². The molecule has 0 bridgehead atoms. The van der Waals surface area contributed by atoms with Crippen LogP contribution in [0.25, 0.3) is 21.9 Å². The zero-order valence-corrected chi connectivity index (χ0v) is 16.0. The Bertz CT molecular complexity index is 1030. The van der Waals surface area contributed by atoms with Crippen molar-refractivity contribution in [1.29, 1.82) is 5.26 Å². The fourth-order valence-electron chi connectivity index (χ4n) is 4.34. The first-order valence-corrected chi connectivity index (χ1v) is 9.96. The minimum Gasteiger partial charge on any atom is -0.247 e. The van der Waals surface area contributed by atoms with Crippen LogP contribution in [0.4, 0.5) is 8.78 Å². The lowest BCUT2D eigenvalue weighted by molar-refractivity contribution is 0.101. The zero-order chi connectivity index (χ0) is 19.7. The van der Waals surface area contributed by atoms with E-state index in [9.17, 15) is 4.39 Å². The normalized spacial score (nSPS) is 21.3. The second-order valence-corrected chi connectivity index (χ2v) is 7.69. The number of fused-ring (bicyclic) bond motifs is 3. The van der Waals surface area contributed by atoms with Crippen molar-refractivity contribution >= 4 is 10.8 Å². The fraction of sp³-hybridized carbons (Fsp3) is 0.320. The molecule has 3 heteroatoms. The standard InChI is InChI=1S/C25H23F2N/c1-2-3-4-22-24(26)14-23-20-11-9-18(17-7-5-16(15-28)6-8-17)13-19(20)10-12-21(23)25(22)27/h5-13,22,24-25H,2-4,14H2,1H3/t22-,24+,25?/m1/s1. The maximum atomic E-state index is 15.1. The van der Waals surface area contributed by atoms with Gasteiger partial charge in [0, 0.05) is 12.3 Å². The van der Waals surface area contributed by atoms with Gasteiger partial charge >= 0.3 is 0 Å². The summed E-state index contributed by atoms with van der Waals surface area (Å²) in [5.41, 5.74) is 4.15. The molecule has 0 aliphatic heterocycles. The van der Waals surface area contributed by atoms with E-state index in [1.807, 2.05) is 36.4 Å². The summed E-state index contributed by atoms with van der Waals surface area (Å²) in [7, 11) is 0. The molecule has 0 saturated heterocycles. The van der Waals surface area contributed by atoms with Crippen LogP contribution in [0.1, 0.15) is 49.0 Å². The first-order chi connectivity index (χ1) is 13.6. The van der Waals surface area contributed by atoms with Gasteiger partial charge in [0.25, 0.3) is 0 Å². The second kappa shape index (κ2) is 7.72. The third kappa shape index (κ3) is 3.29. The number of halogens is 2. The molecular formula is C25H23F2N. The molecule has 3 aromatic rings. The van der Waals surface area contributed by atoms with Gasteiger partial charge in [-0.25, -0.2) is 8.78 Å². The predicted octanol–water partition coefficient (Wildman–Crippen LogP) is 7.09. The monoisotopic (exact) mass is 375 g/mol. The van der Waals surface area contributed by atoms with Crippen molar-refractivity contribution in [3.8, 4) is 17.2 Å². The summed E-state index contributed by atoms with van der Waals surface area (Å²) in [6.07, 6.45) is 0.359. The van der Waals surface area contributed by atoms with Crippen LogP contribution in [0.2, 0.25) is 0 Å². The number of nitrogens with zero attached hydrogens (tertiary/aromatic N) is 1. The van der Waals surface area contributed by atoms with Gasteiger partial charge < -0.3 is 0 Å². The van der Waals surface area contributed by atoms with Crippen molar-refractivity contribution in [2.24, 2.45) is 5.92 Å². The highest BCUT2D eigenvalue weighted by Gasteiger charge is 2.37. The van der Waals surface area contributed by atoms with E-state index in [0.717, 1.165) is 40.3 Å². The van der Waals surface area contributed by atoms with Crippen molar-refractivity contribution in [2.75, 3.05) is 0 Å². The second-order valence-electron chi connectivity index (χ2n) is 7.69. The summed E-state index contributed by atoms with van der Waals surface area (Å²) < 4.78 is 29.9. The number of rotatable bonds is 4. The number of hydrogen-bond acceptors (Lipinski definition) is 1. The summed E-state index contributed by atoms with van der Waals surface area (Å²) in [4.78, 5) is 0. The van der Waals surface area contributed by atoms with Crippen LogP contribution < -0.4 is 0 Å². The Morgan fingerprint density at radius 1 is 1.00 bits per heavy atom. The minimum absolute atomic E-state index is 0.289. The summed E-state index contributed by atoms with van der Waals surface area (Å²) in [6, 6.07) is 19.4. The minimum atomic E-state index is -1.23. The Balaban J connectivity index is 1.72. The van der Waals surface area contributed by atoms with Crippen molar-refractivity contribution < 1.29 is 8.78 Å². The molecule has 1 aliphatic rings. The molecule has 0 fully saturated rings. The Labute approximate surface area is 164 Å². The molecule has 28 heavy (non-hydrogen) atoms. The molecule has 3 aromatic carbocycles. The van der Waals surface area contributed by atoms with E-state index in [4.69, 9.17) is 5.26 Å². The van der Waals surface area contributed by atoms with Crippen LogP contribution in [-0.2, 0) is 6.42 Å². The van der Waals surface area contributed by atoms with Gasteiger partial charge in [0.05, 0.1) is 11.6 Å². The highest BCUT2D eigenvalue weighted by Crippen LogP contribution is 2.44. The van der Waals surface area contributed by atoms with Gasteiger partial charge in [-0.3, -0.25) is 0 Å². The number of nitriles is 1. The van der Waals surface area contributed by atoms with Gasteiger partial charge in [-0.05, 0) is 57.6 Å². The Kier molecular flexibility index (Phi) is 5.13. The summed E-state index contributed by atoms with van der Waals surface area (Å²) in [6.45, 7) is 2.05. The predicted molar refractivity (Wildman–Crippen MR) is 110 cm³/mol. The largest absolute Gasteiger partial charge is 0.247 e. The van der Waals surface area contributed by atoms with E-state index in [1.165, 1.54) is 0 Å².